The van der Waals surface area contributed by atoms with Crippen LogP contribution in [0.4, 0.5) is 11.4 Å². The number of nitrogens with one attached hydrogen (secondary N) is 1. The normalized spacial score (nSPS) is 11.1. The molecule has 6 nitrogen and oxygen atoms in total. The number of rotatable bonds is 8. The molecule has 0 saturated carbocycles. The fourth-order valence-corrected chi connectivity index (χ4v) is 3.97. The zero-order chi connectivity index (χ0) is 22.4. The Hall–Kier alpha value is -2.74. The fraction of sp³-hybridized carbons (Fsp3) is 0.136. The summed E-state index contributed by atoms with van der Waals surface area (Å²) in [5, 5.41) is 3.05. The molecule has 162 valence electrons. The van der Waals surface area contributed by atoms with Gasteiger partial charge in [-0.05, 0) is 42.0 Å². The topological polar surface area (TPSA) is 75.7 Å². The van der Waals surface area contributed by atoms with Gasteiger partial charge in [-0.15, -0.1) is 0 Å². The summed E-state index contributed by atoms with van der Waals surface area (Å²) in [7, 11) is -3.72. The van der Waals surface area contributed by atoms with E-state index in [2.05, 4.69) is 5.32 Å². The van der Waals surface area contributed by atoms with Crippen LogP contribution in [0.3, 0.4) is 0 Å². The maximum atomic E-state index is 12.5. The second kappa shape index (κ2) is 10.0. The van der Waals surface area contributed by atoms with Gasteiger partial charge in [0.1, 0.15) is 18.9 Å². The summed E-state index contributed by atoms with van der Waals surface area (Å²) >= 11 is 12.0. The third kappa shape index (κ3) is 6.37. The highest BCUT2D eigenvalue weighted by Crippen LogP contribution is 2.29. The van der Waals surface area contributed by atoms with Crippen LogP contribution in [-0.4, -0.2) is 27.1 Å². The number of ether oxygens (including phenoxy) is 1. The quantitative estimate of drug-likeness (QED) is 0.495. The van der Waals surface area contributed by atoms with Crippen molar-refractivity contribution >= 4 is 50.5 Å². The van der Waals surface area contributed by atoms with E-state index in [9.17, 15) is 13.2 Å². The predicted octanol–water partition coefficient (Wildman–Crippen LogP) is 4.98. The lowest BCUT2D eigenvalue weighted by atomic mass is 10.2. The number of hydrogen-bond donors (Lipinski definition) is 1. The summed E-state index contributed by atoms with van der Waals surface area (Å²) < 4.78 is 31.3. The minimum atomic E-state index is -3.72. The zero-order valence-corrected chi connectivity index (χ0v) is 18.9. The second-order valence-corrected chi connectivity index (χ2v) is 9.38. The molecule has 0 atom stereocenters. The first-order valence-corrected chi connectivity index (χ1v) is 11.8. The van der Waals surface area contributed by atoms with E-state index in [0.717, 1.165) is 16.1 Å². The van der Waals surface area contributed by atoms with E-state index in [1.807, 2.05) is 30.3 Å². The molecule has 0 radical (unpaired) electrons. The monoisotopic (exact) mass is 478 g/mol. The van der Waals surface area contributed by atoms with Crippen molar-refractivity contribution in [2.45, 2.75) is 6.61 Å². The van der Waals surface area contributed by atoms with Crippen molar-refractivity contribution in [3.63, 3.8) is 0 Å². The average Bonchev–Trinajstić information content (AvgIpc) is 2.74. The van der Waals surface area contributed by atoms with E-state index in [0.29, 0.717) is 23.7 Å². The van der Waals surface area contributed by atoms with Crippen molar-refractivity contribution < 1.29 is 17.9 Å². The Morgan fingerprint density at radius 1 is 0.968 bits per heavy atom. The number of anilines is 2. The molecule has 3 aromatic rings. The highest BCUT2D eigenvalue weighted by atomic mass is 35.5. The number of halogens is 2. The molecule has 0 aliphatic rings. The Labute approximate surface area is 191 Å². The molecule has 0 aromatic heterocycles. The van der Waals surface area contributed by atoms with Gasteiger partial charge in [-0.25, -0.2) is 8.42 Å². The van der Waals surface area contributed by atoms with Crippen molar-refractivity contribution in [1.29, 1.82) is 0 Å². The van der Waals surface area contributed by atoms with Crippen LogP contribution in [-0.2, 0) is 21.4 Å². The lowest BCUT2D eigenvalue weighted by molar-refractivity contribution is -0.114. The van der Waals surface area contributed by atoms with Crippen LogP contribution in [0.1, 0.15) is 5.56 Å². The smallest absolute Gasteiger partial charge is 0.245 e. The molecule has 31 heavy (non-hydrogen) atoms. The van der Waals surface area contributed by atoms with Crippen LogP contribution >= 0.6 is 23.2 Å². The van der Waals surface area contributed by atoms with Crippen LogP contribution in [0.5, 0.6) is 5.75 Å². The van der Waals surface area contributed by atoms with Gasteiger partial charge >= 0.3 is 0 Å². The van der Waals surface area contributed by atoms with Crippen molar-refractivity contribution in [1.82, 2.24) is 0 Å². The maximum Gasteiger partial charge on any atom is 0.245 e. The Morgan fingerprint density at radius 2 is 1.65 bits per heavy atom. The highest BCUT2D eigenvalue weighted by molar-refractivity contribution is 7.92. The number of sulfonamides is 1. The van der Waals surface area contributed by atoms with Gasteiger partial charge in [-0.2, -0.15) is 0 Å². The van der Waals surface area contributed by atoms with Crippen LogP contribution in [0.25, 0.3) is 0 Å². The summed E-state index contributed by atoms with van der Waals surface area (Å²) in [5.74, 6) is 0.0233. The summed E-state index contributed by atoms with van der Waals surface area (Å²) in [6.07, 6.45) is 1.03. The van der Waals surface area contributed by atoms with Gasteiger partial charge in [0.15, 0.2) is 0 Å². The van der Waals surface area contributed by atoms with Crippen LogP contribution in [0.2, 0.25) is 10.0 Å². The second-order valence-electron chi connectivity index (χ2n) is 6.69. The first kappa shape index (κ1) is 22.9. The highest BCUT2D eigenvalue weighted by Gasteiger charge is 2.21. The molecule has 0 aliphatic carbocycles. The molecule has 9 heteroatoms. The molecule has 3 aromatic carbocycles. The number of amides is 1. The molecule has 0 aliphatic heterocycles. The Morgan fingerprint density at radius 3 is 2.29 bits per heavy atom. The predicted molar refractivity (Wildman–Crippen MR) is 124 cm³/mol. The molecule has 0 heterocycles. The molecule has 1 amide bonds. The fourth-order valence-electron chi connectivity index (χ4n) is 2.77. The molecule has 0 saturated heterocycles. The van der Waals surface area contributed by atoms with Gasteiger partial charge in [0.25, 0.3) is 0 Å². The third-order valence-electron chi connectivity index (χ3n) is 4.29. The van der Waals surface area contributed by atoms with Gasteiger partial charge in [-0.1, -0.05) is 59.6 Å². The van der Waals surface area contributed by atoms with Gasteiger partial charge in [0.2, 0.25) is 15.9 Å². The van der Waals surface area contributed by atoms with Crippen molar-refractivity contribution in [2.24, 2.45) is 0 Å². The number of nitrogens with zero attached hydrogens (tertiary/aromatic N) is 1. The van der Waals surface area contributed by atoms with Gasteiger partial charge in [0, 0.05) is 0 Å². The first-order valence-electron chi connectivity index (χ1n) is 9.22. The molecule has 0 spiro atoms. The van der Waals surface area contributed by atoms with Gasteiger partial charge < -0.3 is 10.1 Å². The first-order chi connectivity index (χ1) is 14.7. The number of hydrogen-bond acceptors (Lipinski definition) is 4. The SMILES string of the molecule is CS(=O)(=O)N(CC(=O)Nc1cccc(Cl)c1Cl)c1ccc(OCc2ccccc2)cc1. The summed E-state index contributed by atoms with van der Waals surface area (Å²) in [5.41, 5.74) is 1.65. The van der Waals surface area contributed by atoms with E-state index in [1.165, 1.54) is 0 Å². The number of carbonyl (C=O) groups is 1. The minimum absolute atomic E-state index is 0.184. The minimum Gasteiger partial charge on any atom is -0.489 e. The van der Waals surface area contributed by atoms with Crippen molar-refractivity contribution in [2.75, 3.05) is 22.4 Å². The van der Waals surface area contributed by atoms with Crippen LogP contribution < -0.4 is 14.4 Å². The van der Waals surface area contributed by atoms with E-state index in [1.54, 1.807) is 42.5 Å². The zero-order valence-electron chi connectivity index (χ0n) is 16.6. The number of carbonyl (C=O) groups excluding carboxylic acids is 1. The molecular formula is C22H20Cl2N2O4S. The van der Waals surface area contributed by atoms with E-state index in [4.69, 9.17) is 27.9 Å². The standard InChI is InChI=1S/C22H20Cl2N2O4S/c1-31(28,29)26(14-21(27)25-20-9-5-8-19(23)22(20)24)17-10-12-18(13-11-17)30-15-16-6-3-2-4-7-16/h2-13H,14-15H2,1H3,(H,25,27). The van der Waals surface area contributed by atoms with Gasteiger partial charge in [-0.3, -0.25) is 9.10 Å². The Balaban J connectivity index is 1.70. The molecule has 0 fully saturated rings. The summed E-state index contributed by atoms with van der Waals surface area (Å²) in [6, 6.07) is 20.9. The average molecular weight is 479 g/mol. The Kier molecular flexibility index (Phi) is 7.43. The molecule has 3 rings (SSSR count). The summed E-state index contributed by atoms with van der Waals surface area (Å²) in [4.78, 5) is 12.5. The van der Waals surface area contributed by atoms with E-state index < -0.39 is 22.5 Å². The molecule has 0 unspecified atom stereocenters. The van der Waals surface area contributed by atoms with Crippen LogP contribution in [0, 0.1) is 0 Å². The van der Waals surface area contributed by atoms with Crippen molar-refractivity contribution in [3.8, 4) is 5.75 Å². The third-order valence-corrected chi connectivity index (χ3v) is 6.25. The molecule has 0 bridgehead atoms. The van der Waals surface area contributed by atoms with Crippen LogP contribution in [0.15, 0.2) is 72.8 Å². The van der Waals surface area contributed by atoms with E-state index >= 15 is 0 Å². The Bertz CT molecular complexity index is 1150. The molecule has 1 N–H and O–H groups in total. The lowest BCUT2D eigenvalue weighted by Gasteiger charge is -2.22. The molecular weight excluding hydrogens is 459 g/mol. The maximum absolute atomic E-state index is 12.5. The van der Waals surface area contributed by atoms with Crippen molar-refractivity contribution in [3.05, 3.63) is 88.4 Å². The number of benzene rings is 3. The van der Waals surface area contributed by atoms with Gasteiger partial charge in [0.05, 0.1) is 27.7 Å². The van der Waals surface area contributed by atoms with E-state index in [-0.39, 0.29) is 10.0 Å². The summed E-state index contributed by atoms with van der Waals surface area (Å²) in [6.45, 7) is -0.0370. The largest absolute Gasteiger partial charge is 0.489 e. The lowest BCUT2D eigenvalue weighted by Crippen LogP contribution is -2.37.